The number of hydrogen-bond acceptors (Lipinski definition) is 7. The van der Waals surface area contributed by atoms with Crippen molar-refractivity contribution in [3.05, 3.63) is 35.9 Å². The maximum absolute atomic E-state index is 12.0. The lowest BCUT2D eigenvalue weighted by Gasteiger charge is -2.33. The van der Waals surface area contributed by atoms with Crippen LogP contribution in [0, 0.1) is 0 Å². The highest BCUT2D eigenvalue weighted by Gasteiger charge is 2.47. The number of fused-ring (bicyclic) bond motifs is 1. The Morgan fingerprint density at radius 1 is 1.17 bits per heavy atom. The van der Waals surface area contributed by atoms with E-state index >= 15 is 0 Å². The number of methoxy groups -OCH3 is 2. The van der Waals surface area contributed by atoms with Crippen molar-refractivity contribution in [2.75, 3.05) is 21.0 Å². The maximum atomic E-state index is 12.0. The van der Waals surface area contributed by atoms with Gasteiger partial charge in [0, 0.05) is 0 Å². The van der Waals surface area contributed by atoms with Gasteiger partial charge in [-0.25, -0.2) is 4.79 Å². The quantitative estimate of drug-likeness (QED) is 0.815. The minimum atomic E-state index is -1.05. The molecule has 2 aliphatic rings. The molecule has 1 aliphatic carbocycles. The first-order chi connectivity index (χ1) is 11.1. The van der Waals surface area contributed by atoms with Crippen LogP contribution in [0.3, 0.4) is 0 Å². The Hall–Kier alpha value is -2.09. The summed E-state index contributed by atoms with van der Waals surface area (Å²) in [5, 5.41) is 10.5. The average molecular weight is 322 g/mol. The fourth-order valence-corrected chi connectivity index (χ4v) is 2.69. The van der Waals surface area contributed by atoms with Gasteiger partial charge in [-0.05, 0) is 30.3 Å². The first-order valence-corrected chi connectivity index (χ1v) is 7.16. The molecule has 23 heavy (non-hydrogen) atoms. The lowest BCUT2D eigenvalue weighted by atomic mass is 9.89. The van der Waals surface area contributed by atoms with Gasteiger partial charge in [0.05, 0.1) is 19.8 Å². The number of ether oxygens (including phenoxy) is 5. The molecule has 3 rings (SSSR count). The topological polar surface area (TPSA) is 83.5 Å². The van der Waals surface area contributed by atoms with Crippen LogP contribution in [0.5, 0.6) is 11.5 Å². The second-order valence-electron chi connectivity index (χ2n) is 5.20. The van der Waals surface area contributed by atoms with E-state index in [2.05, 4.69) is 0 Å². The van der Waals surface area contributed by atoms with Crippen molar-refractivity contribution in [1.29, 1.82) is 0 Å². The van der Waals surface area contributed by atoms with E-state index in [-0.39, 0.29) is 12.4 Å². The summed E-state index contributed by atoms with van der Waals surface area (Å²) in [5.41, 5.74) is 0.211. The molecule has 1 fully saturated rings. The third-order valence-corrected chi connectivity index (χ3v) is 3.89. The minimum absolute atomic E-state index is 0.0621. The molecule has 4 atom stereocenters. The SMILES string of the molecule is COC(=O)C1=C[C@@H]2OCO[C@@H]2[C@@H](O)[C@H]1Oc1ccc(OC)cc1. The predicted octanol–water partition coefficient (Wildman–Crippen LogP) is 0.658. The second-order valence-corrected chi connectivity index (χ2v) is 5.20. The summed E-state index contributed by atoms with van der Waals surface area (Å²) < 4.78 is 26.4. The third-order valence-electron chi connectivity index (χ3n) is 3.89. The van der Waals surface area contributed by atoms with Gasteiger partial charge in [0.15, 0.2) is 6.10 Å². The van der Waals surface area contributed by atoms with Crippen molar-refractivity contribution in [2.45, 2.75) is 24.4 Å². The zero-order chi connectivity index (χ0) is 16.4. The van der Waals surface area contributed by atoms with Crippen LogP contribution < -0.4 is 9.47 Å². The van der Waals surface area contributed by atoms with Gasteiger partial charge in [0.1, 0.15) is 36.6 Å². The number of aliphatic hydroxyl groups excluding tert-OH is 1. The van der Waals surface area contributed by atoms with Crippen LogP contribution >= 0.6 is 0 Å². The summed E-state index contributed by atoms with van der Waals surface area (Å²) in [6.07, 6.45) is -1.44. The number of carbonyl (C=O) groups is 1. The molecule has 7 nitrogen and oxygen atoms in total. The van der Waals surface area contributed by atoms with E-state index in [1.807, 2.05) is 0 Å². The van der Waals surface area contributed by atoms with Crippen LogP contribution in [0.4, 0.5) is 0 Å². The minimum Gasteiger partial charge on any atom is -0.497 e. The highest BCUT2D eigenvalue weighted by molar-refractivity contribution is 5.90. The van der Waals surface area contributed by atoms with Gasteiger partial charge in [-0.15, -0.1) is 0 Å². The lowest BCUT2D eigenvalue weighted by molar-refractivity contribution is -0.139. The Bertz CT molecular complexity index is 595. The van der Waals surface area contributed by atoms with Crippen molar-refractivity contribution < 1.29 is 33.6 Å². The van der Waals surface area contributed by atoms with E-state index in [4.69, 9.17) is 23.7 Å². The number of esters is 1. The highest BCUT2D eigenvalue weighted by atomic mass is 16.7. The lowest BCUT2D eigenvalue weighted by Crippen LogP contribution is -2.51. The highest BCUT2D eigenvalue weighted by Crippen LogP contribution is 2.32. The molecule has 0 bridgehead atoms. The molecule has 0 saturated carbocycles. The molecule has 1 aromatic rings. The molecule has 0 amide bonds. The Balaban J connectivity index is 1.86. The van der Waals surface area contributed by atoms with Crippen LogP contribution in [0.2, 0.25) is 0 Å². The Kier molecular flexibility index (Phi) is 4.51. The summed E-state index contributed by atoms with van der Waals surface area (Å²) >= 11 is 0. The fourth-order valence-electron chi connectivity index (χ4n) is 2.69. The van der Waals surface area contributed by atoms with Crippen LogP contribution in [0.25, 0.3) is 0 Å². The Labute approximate surface area is 133 Å². The molecule has 1 saturated heterocycles. The predicted molar refractivity (Wildman–Crippen MR) is 78.1 cm³/mol. The molecular formula is C16H18O7. The molecule has 0 spiro atoms. The van der Waals surface area contributed by atoms with Crippen molar-refractivity contribution in [3.8, 4) is 11.5 Å². The molecule has 124 valence electrons. The number of aliphatic hydroxyl groups is 1. The Morgan fingerprint density at radius 2 is 1.87 bits per heavy atom. The summed E-state index contributed by atoms with van der Waals surface area (Å²) in [4.78, 5) is 12.0. The molecule has 0 aromatic heterocycles. The van der Waals surface area contributed by atoms with E-state index in [0.717, 1.165) is 0 Å². The smallest absolute Gasteiger partial charge is 0.337 e. The average Bonchev–Trinajstić information content (AvgIpc) is 3.06. The molecule has 0 unspecified atom stereocenters. The standard InChI is InChI=1S/C16H18O7/c1-19-9-3-5-10(6-4-9)23-14-11(16(18)20-2)7-12-15(13(14)17)22-8-21-12/h3-7,12-15,17H,8H2,1-2H3/t12-,13-,14-,15-/m0/s1. The van der Waals surface area contributed by atoms with Gasteiger partial charge in [0.2, 0.25) is 0 Å². The van der Waals surface area contributed by atoms with Crippen molar-refractivity contribution >= 4 is 5.97 Å². The van der Waals surface area contributed by atoms with Crippen LogP contribution in [-0.4, -0.2) is 56.5 Å². The first-order valence-electron chi connectivity index (χ1n) is 7.16. The van der Waals surface area contributed by atoms with Gasteiger partial charge in [-0.1, -0.05) is 0 Å². The van der Waals surface area contributed by atoms with Crippen molar-refractivity contribution in [2.24, 2.45) is 0 Å². The first kappa shape index (κ1) is 15.8. The van der Waals surface area contributed by atoms with Crippen LogP contribution in [0.15, 0.2) is 35.9 Å². The van der Waals surface area contributed by atoms with Gasteiger partial charge < -0.3 is 28.8 Å². The molecule has 7 heteroatoms. The van der Waals surface area contributed by atoms with Crippen molar-refractivity contribution in [1.82, 2.24) is 0 Å². The summed E-state index contributed by atoms with van der Waals surface area (Å²) in [6.45, 7) is 0.0621. The largest absolute Gasteiger partial charge is 0.497 e. The van der Waals surface area contributed by atoms with Crippen LogP contribution in [0.1, 0.15) is 0 Å². The fraction of sp³-hybridized carbons (Fsp3) is 0.438. The number of hydrogen-bond donors (Lipinski definition) is 1. The van der Waals surface area contributed by atoms with Gasteiger partial charge in [-0.3, -0.25) is 0 Å². The molecule has 1 heterocycles. The van der Waals surface area contributed by atoms with E-state index < -0.39 is 30.4 Å². The van der Waals surface area contributed by atoms with E-state index in [9.17, 15) is 9.90 Å². The molecule has 1 aliphatic heterocycles. The summed E-state index contributed by atoms with van der Waals surface area (Å²) in [5.74, 6) is 0.594. The monoisotopic (exact) mass is 322 g/mol. The maximum Gasteiger partial charge on any atom is 0.337 e. The van der Waals surface area contributed by atoms with Gasteiger partial charge in [0.25, 0.3) is 0 Å². The second kappa shape index (κ2) is 6.57. The van der Waals surface area contributed by atoms with Gasteiger partial charge >= 0.3 is 5.97 Å². The zero-order valence-corrected chi connectivity index (χ0v) is 12.8. The number of carbonyl (C=O) groups excluding carboxylic acids is 1. The zero-order valence-electron chi connectivity index (χ0n) is 12.8. The normalized spacial score (nSPS) is 29.4. The molecule has 1 aromatic carbocycles. The molecular weight excluding hydrogens is 304 g/mol. The van der Waals surface area contributed by atoms with E-state index in [0.29, 0.717) is 11.5 Å². The number of rotatable bonds is 4. The van der Waals surface area contributed by atoms with Crippen LogP contribution in [-0.2, 0) is 19.0 Å². The Morgan fingerprint density at radius 3 is 2.52 bits per heavy atom. The van der Waals surface area contributed by atoms with Gasteiger partial charge in [-0.2, -0.15) is 0 Å². The summed E-state index contributed by atoms with van der Waals surface area (Å²) in [7, 11) is 2.84. The van der Waals surface area contributed by atoms with E-state index in [1.165, 1.54) is 7.11 Å². The van der Waals surface area contributed by atoms with Crippen molar-refractivity contribution in [3.63, 3.8) is 0 Å². The number of benzene rings is 1. The molecule has 1 N–H and O–H groups in total. The molecule has 0 radical (unpaired) electrons. The van der Waals surface area contributed by atoms with E-state index in [1.54, 1.807) is 37.5 Å². The third kappa shape index (κ3) is 3.03. The summed E-state index contributed by atoms with van der Waals surface area (Å²) in [6, 6.07) is 6.84.